The second kappa shape index (κ2) is 10.8. The van der Waals surface area contributed by atoms with Gasteiger partial charge in [0.25, 0.3) is 0 Å². The van der Waals surface area contributed by atoms with Gasteiger partial charge in [-0.2, -0.15) is 5.10 Å². The van der Waals surface area contributed by atoms with E-state index in [9.17, 15) is 4.79 Å². The molecule has 0 saturated heterocycles. The highest BCUT2D eigenvalue weighted by atomic mass is 16.5. The minimum Gasteiger partial charge on any atom is -0.452 e. The summed E-state index contributed by atoms with van der Waals surface area (Å²) >= 11 is 0. The maximum atomic E-state index is 13.2. The van der Waals surface area contributed by atoms with Crippen LogP contribution in [0.3, 0.4) is 0 Å². The standard InChI is InChI=1S/C27H29N5O2/c1-19-9-11-21(12-10-19)20(2)15-29-26(22-7-5-4-6-8-22)27(33)31-25-14-13-23(16-28-25)34-24-17-30-32(3)18-24/h4-14,16-18,20,26,29H,15H2,1-3H3,(H,28,31,33)/t20-,26+/m1/s1. The fraction of sp³-hybridized carbons (Fsp3) is 0.222. The highest BCUT2D eigenvalue weighted by Gasteiger charge is 2.21. The summed E-state index contributed by atoms with van der Waals surface area (Å²) in [6.45, 7) is 4.88. The summed E-state index contributed by atoms with van der Waals surface area (Å²) in [5, 5.41) is 10.4. The number of anilines is 1. The Balaban J connectivity index is 1.42. The topological polar surface area (TPSA) is 81.1 Å². The van der Waals surface area contributed by atoms with Gasteiger partial charge in [0.1, 0.15) is 17.6 Å². The predicted molar refractivity (Wildman–Crippen MR) is 133 cm³/mol. The highest BCUT2D eigenvalue weighted by molar-refractivity contribution is 5.94. The van der Waals surface area contributed by atoms with E-state index in [1.807, 2.05) is 37.4 Å². The molecule has 0 aliphatic heterocycles. The first-order valence-electron chi connectivity index (χ1n) is 11.3. The van der Waals surface area contributed by atoms with Crippen LogP contribution in [0.5, 0.6) is 11.5 Å². The molecule has 0 radical (unpaired) electrons. The summed E-state index contributed by atoms with van der Waals surface area (Å²) in [7, 11) is 1.82. The van der Waals surface area contributed by atoms with Gasteiger partial charge in [0, 0.05) is 13.6 Å². The van der Waals surface area contributed by atoms with Gasteiger partial charge in [-0.1, -0.05) is 67.1 Å². The van der Waals surface area contributed by atoms with Gasteiger partial charge >= 0.3 is 0 Å². The average molecular weight is 456 g/mol. The normalized spacial score (nSPS) is 12.7. The third-order valence-corrected chi connectivity index (χ3v) is 5.57. The summed E-state index contributed by atoms with van der Waals surface area (Å²) in [4.78, 5) is 17.6. The van der Waals surface area contributed by atoms with E-state index in [2.05, 4.69) is 58.8 Å². The van der Waals surface area contributed by atoms with Crippen molar-refractivity contribution in [1.82, 2.24) is 20.1 Å². The lowest BCUT2D eigenvalue weighted by Gasteiger charge is -2.21. The molecule has 2 aromatic carbocycles. The molecule has 0 fully saturated rings. The van der Waals surface area contributed by atoms with Crippen molar-refractivity contribution in [3.8, 4) is 11.5 Å². The number of rotatable bonds is 9. The molecule has 7 heteroatoms. The first-order valence-corrected chi connectivity index (χ1v) is 11.3. The highest BCUT2D eigenvalue weighted by Crippen LogP contribution is 2.22. The smallest absolute Gasteiger partial charge is 0.247 e. The molecule has 0 unspecified atom stereocenters. The minimum atomic E-state index is -0.512. The minimum absolute atomic E-state index is 0.171. The zero-order valence-electron chi connectivity index (χ0n) is 19.6. The first-order chi connectivity index (χ1) is 16.5. The van der Waals surface area contributed by atoms with Crippen molar-refractivity contribution in [2.24, 2.45) is 7.05 Å². The van der Waals surface area contributed by atoms with Crippen LogP contribution in [0.2, 0.25) is 0 Å². The predicted octanol–water partition coefficient (Wildman–Crippen LogP) is 4.99. The van der Waals surface area contributed by atoms with Crippen molar-refractivity contribution in [2.45, 2.75) is 25.8 Å². The maximum Gasteiger partial charge on any atom is 0.247 e. The number of amides is 1. The maximum absolute atomic E-state index is 13.2. The van der Waals surface area contributed by atoms with Gasteiger partial charge < -0.3 is 15.4 Å². The molecule has 0 aliphatic rings. The Morgan fingerprint density at radius 1 is 0.971 bits per heavy atom. The Labute approximate surface area is 199 Å². The molecular formula is C27H29N5O2. The number of hydrogen-bond donors (Lipinski definition) is 2. The largest absolute Gasteiger partial charge is 0.452 e. The van der Waals surface area contributed by atoms with Crippen LogP contribution in [0.25, 0.3) is 0 Å². The van der Waals surface area contributed by atoms with Gasteiger partial charge in [0.2, 0.25) is 5.91 Å². The second-order valence-corrected chi connectivity index (χ2v) is 8.38. The van der Waals surface area contributed by atoms with Crippen molar-refractivity contribution in [1.29, 1.82) is 0 Å². The molecule has 0 bridgehead atoms. The summed E-state index contributed by atoms with van der Waals surface area (Å²) in [6.07, 6.45) is 4.97. The number of aryl methyl sites for hydroxylation is 2. The van der Waals surface area contributed by atoms with Crippen LogP contribution < -0.4 is 15.4 Å². The van der Waals surface area contributed by atoms with E-state index in [1.165, 1.54) is 11.1 Å². The number of benzene rings is 2. The molecule has 2 N–H and O–H groups in total. The zero-order valence-corrected chi connectivity index (χ0v) is 19.6. The molecule has 2 atom stereocenters. The van der Waals surface area contributed by atoms with Crippen molar-refractivity contribution >= 4 is 11.7 Å². The van der Waals surface area contributed by atoms with Crippen molar-refractivity contribution in [3.05, 3.63) is 102 Å². The molecule has 4 aromatic rings. The molecule has 174 valence electrons. The molecule has 1 amide bonds. The third-order valence-electron chi connectivity index (χ3n) is 5.57. The Kier molecular flexibility index (Phi) is 7.34. The van der Waals surface area contributed by atoms with Gasteiger partial charge in [-0.25, -0.2) is 4.98 Å². The summed E-state index contributed by atoms with van der Waals surface area (Å²) in [6, 6.07) is 21.2. The monoisotopic (exact) mass is 455 g/mol. The lowest BCUT2D eigenvalue weighted by Crippen LogP contribution is -2.35. The molecule has 4 rings (SSSR count). The zero-order chi connectivity index (χ0) is 23.9. The molecule has 7 nitrogen and oxygen atoms in total. The molecule has 0 aliphatic carbocycles. The molecule has 0 saturated carbocycles. The fourth-order valence-electron chi connectivity index (χ4n) is 3.62. The van der Waals surface area contributed by atoms with Crippen LogP contribution in [-0.2, 0) is 11.8 Å². The third kappa shape index (κ3) is 6.08. The average Bonchev–Trinajstić information content (AvgIpc) is 3.26. The van der Waals surface area contributed by atoms with Crippen LogP contribution in [0, 0.1) is 6.92 Å². The van der Waals surface area contributed by atoms with Gasteiger partial charge in [-0.05, 0) is 36.1 Å². The van der Waals surface area contributed by atoms with E-state index in [4.69, 9.17) is 4.74 Å². The lowest BCUT2D eigenvalue weighted by atomic mass is 9.98. The molecule has 0 spiro atoms. The number of pyridine rings is 1. The quantitative estimate of drug-likeness (QED) is 0.372. The van der Waals surface area contributed by atoms with Gasteiger partial charge in [0.15, 0.2) is 5.75 Å². The summed E-state index contributed by atoms with van der Waals surface area (Å²) in [5.41, 5.74) is 3.36. The summed E-state index contributed by atoms with van der Waals surface area (Å²) in [5.74, 6) is 1.73. The van der Waals surface area contributed by atoms with E-state index in [-0.39, 0.29) is 11.8 Å². The Bertz CT molecular complexity index is 1200. The van der Waals surface area contributed by atoms with E-state index < -0.39 is 6.04 Å². The van der Waals surface area contributed by atoms with Crippen LogP contribution in [0.4, 0.5) is 5.82 Å². The Morgan fingerprint density at radius 2 is 1.74 bits per heavy atom. The van der Waals surface area contributed by atoms with Gasteiger partial charge in [-0.3, -0.25) is 9.48 Å². The first kappa shape index (κ1) is 23.2. The number of ether oxygens (including phenoxy) is 1. The molecule has 34 heavy (non-hydrogen) atoms. The van der Waals surface area contributed by atoms with E-state index in [1.54, 1.807) is 35.4 Å². The Hall–Kier alpha value is -3.97. The molecular weight excluding hydrogens is 426 g/mol. The molecule has 2 heterocycles. The fourth-order valence-corrected chi connectivity index (χ4v) is 3.62. The van der Waals surface area contributed by atoms with Crippen LogP contribution in [-0.4, -0.2) is 27.2 Å². The van der Waals surface area contributed by atoms with E-state index in [0.29, 0.717) is 23.9 Å². The van der Waals surface area contributed by atoms with Gasteiger partial charge in [-0.15, -0.1) is 0 Å². The SMILES string of the molecule is Cc1ccc([C@H](C)CN[C@H](C(=O)Nc2ccc(Oc3cnn(C)c3)cn2)c2ccccc2)cc1. The Morgan fingerprint density at radius 3 is 2.38 bits per heavy atom. The van der Waals surface area contributed by atoms with Crippen LogP contribution in [0.15, 0.2) is 85.3 Å². The second-order valence-electron chi connectivity index (χ2n) is 8.38. The number of carbonyl (C=O) groups excluding carboxylic acids is 1. The number of nitrogens with one attached hydrogen (secondary N) is 2. The van der Waals surface area contributed by atoms with Crippen molar-refractivity contribution in [3.63, 3.8) is 0 Å². The van der Waals surface area contributed by atoms with Crippen LogP contribution >= 0.6 is 0 Å². The van der Waals surface area contributed by atoms with E-state index >= 15 is 0 Å². The van der Waals surface area contributed by atoms with Crippen molar-refractivity contribution in [2.75, 3.05) is 11.9 Å². The summed E-state index contributed by atoms with van der Waals surface area (Å²) < 4.78 is 7.38. The number of carbonyl (C=O) groups is 1. The number of aromatic nitrogens is 3. The van der Waals surface area contributed by atoms with Gasteiger partial charge in [0.05, 0.1) is 18.6 Å². The lowest BCUT2D eigenvalue weighted by molar-refractivity contribution is -0.118. The van der Waals surface area contributed by atoms with E-state index in [0.717, 1.165) is 5.56 Å². The number of nitrogens with zero attached hydrogens (tertiary/aromatic N) is 3. The number of hydrogen-bond acceptors (Lipinski definition) is 5. The van der Waals surface area contributed by atoms with Crippen molar-refractivity contribution < 1.29 is 9.53 Å². The molecule has 2 aromatic heterocycles. The van der Waals surface area contributed by atoms with Crippen LogP contribution in [0.1, 0.15) is 35.6 Å².